The number of nitrogens with one attached hydrogen (secondary N) is 1. The van der Waals surface area contributed by atoms with Gasteiger partial charge in [-0.3, -0.25) is 9.69 Å². The molecule has 0 bridgehead atoms. The average Bonchev–Trinajstić information content (AvgIpc) is 3.60. The highest BCUT2D eigenvalue weighted by Gasteiger charge is 2.54. The number of aromatic nitrogens is 1. The normalized spacial score (nSPS) is 25.2. The lowest BCUT2D eigenvalue weighted by Crippen LogP contribution is -2.58. The van der Waals surface area contributed by atoms with Gasteiger partial charge in [-0.15, -0.1) is 0 Å². The monoisotopic (exact) mass is 753 g/mol. The van der Waals surface area contributed by atoms with E-state index in [1.807, 2.05) is 12.1 Å². The standard InChI is InChI=1S/C33H40N2O9.C10H11N/c1-38-19-7-8-20-21-9-10-35-16-18-13-27(44-32(36)17-11-25(39-2)30(41-4)26(12-17)40-3)31(42-5)28(33(37)43-6)22(18)15-24(35)29(21)34-23(20)14-19;11-10-6-5-8-3-1-2-4-9(8)7-10/h7-8,11-12,14,18,22,24,27-28,31,34H,9-10,13,15-16H2,1-6H3;1-6,10H,7,11H2/t18-,22+,24-,27-,28+,31+;/m1./s1. The van der Waals surface area contributed by atoms with Gasteiger partial charge in [-0.2, -0.15) is 0 Å². The third-order valence-corrected chi connectivity index (χ3v) is 11.8. The lowest BCUT2D eigenvalue weighted by molar-refractivity contribution is -0.176. The van der Waals surface area contributed by atoms with Gasteiger partial charge in [-0.05, 0) is 78.5 Å². The molecule has 55 heavy (non-hydrogen) atoms. The van der Waals surface area contributed by atoms with E-state index in [0.29, 0.717) is 23.7 Å². The number of fused-ring (bicyclic) bond motifs is 7. The molecule has 0 amide bonds. The minimum absolute atomic E-state index is 0.0170. The Hall–Kier alpha value is -5.04. The van der Waals surface area contributed by atoms with Gasteiger partial charge in [0.05, 0.1) is 53.1 Å². The minimum Gasteiger partial charge on any atom is -0.497 e. The van der Waals surface area contributed by atoms with Crippen molar-refractivity contribution in [3.63, 3.8) is 0 Å². The van der Waals surface area contributed by atoms with E-state index in [9.17, 15) is 9.59 Å². The van der Waals surface area contributed by atoms with Gasteiger partial charge in [0.25, 0.3) is 0 Å². The van der Waals surface area contributed by atoms with E-state index in [0.717, 1.165) is 43.6 Å². The molecule has 3 aromatic carbocycles. The number of carbonyl (C=O) groups excluding carboxylic acids is 2. The van der Waals surface area contributed by atoms with Gasteiger partial charge in [0.1, 0.15) is 18.0 Å². The maximum atomic E-state index is 13.5. The first-order chi connectivity index (χ1) is 26.7. The van der Waals surface area contributed by atoms with Gasteiger partial charge in [-0.1, -0.05) is 36.4 Å². The number of aromatic amines is 1. The molecule has 292 valence electrons. The highest BCUT2D eigenvalue weighted by Crippen LogP contribution is 2.51. The topological polar surface area (TPSA) is 144 Å². The van der Waals surface area contributed by atoms with Crippen molar-refractivity contribution in [1.29, 1.82) is 0 Å². The van der Waals surface area contributed by atoms with Crippen molar-refractivity contribution in [2.75, 3.05) is 55.7 Å². The predicted octanol–water partition coefficient (Wildman–Crippen LogP) is 5.75. The zero-order valence-electron chi connectivity index (χ0n) is 32.3. The van der Waals surface area contributed by atoms with Gasteiger partial charge < -0.3 is 43.9 Å². The summed E-state index contributed by atoms with van der Waals surface area (Å²) >= 11 is 0. The number of hydrogen-bond acceptors (Lipinski definition) is 11. The Bertz CT molecular complexity index is 2030. The fourth-order valence-corrected chi connectivity index (χ4v) is 9.19. The van der Waals surface area contributed by atoms with Crippen LogP contribution in [0.3, 0.4) is 0 Å². The molecule has 2 fully saturated rings. The fourth-order valence-electron chi connectivity index (χ4n) is 9.19. The molecule has 3 heterocycles. The second-order valence-electron chi connectivity index (χ2n) is 14.6. The molecule has 7 atom stereocenters. The SMILES string of the molecule is COC(=O)[C@H]1[C@H]2C[C@@H]3c4[nH]c5cc(OC)ccc5c4CCN3C[C@H]2C[C@@H](OC(=O)c2cc(OC)c(OC)c(OC)c2)[C@@H]1OC.NC1C=Cc2ccccc2C1. The minimum atomic E-state index is -0.670. The molecule has 4 aliphatic rings. The number of rotatable bonds is 8. The van der Waals surface area contributed by atoms with Gasteiger partial charge in [0.2, 0.25) is 5.75 Å². The molecule has 1 saturated carbocycles. The molecule has 1 aromatic heterocycles. The molecule has 4 aromatic rings. The summed E-state index contributed by atoms with van der Waals surface area (Å²) in [5, 5.41) is 1.21. The van der Waals surface area contributed by atoms with E-state index >= 15 is 0 Å². The summed E-state index contributed by atoms with van der Waals surface area (Å²) in [5.74, 6) is 0.441. The number of esters is 2. The zero-order valence-corrected chi connectivity index (χ0v) is 32.3. The Labute approximate surface area is 321 Å². The quantitative estimate of drug-likeness (QED) is 0.212. The highest BCUT2D eigenvalue weighted by molar-refractivity contribution is 5.91. The molecule has 2 aliphatic carbocycles. The van der Waals surface area contributed by atoms with Gasteiger partial charge in [-0.25, -0.2) is 4.79 Å². The number of hydrogen-bond donors (Lipinski definition) is 2. The van der Waals surface area contributed by atoms with Crippen LogP contribution < -0.4 is 24.7 Å². The van der Waals surface area contributed by atoms with Crippen LogP contribution in [0.4, 0.5) is 0 Å². The van der Waals surface area contributed by atoms with E-state index in [-0.39, 0.29) is 35.5 Å². The van der Waals surface area contributed by atoms with Crippen LogP contribution in [0.25, 0.3) is 17.0 Å². The largest absolute Gasteiger partial charge is 0.497 e. The molecule has 0 radical (unpaired) electrons. The molecule has 12 nitrogen and oxygen atoms in total. The molecule has 8 rings (SSSR count). The van der Waals surface area contributed by atoms with Crippen LogP contribution in [0, 0.1) is 17.8 Å². The van der Waals surface area contributed by atoms with Crippen LogP contribution >= 0.6 is 0 Å². The van der Waals surface area contributed by atoms with Crippen molar-refractivity contribution in [3.05, 3.63) is 88.6 Å². The average molecular weight is 754 g/mol. The summed E-state index contributed by atoms with van der Waals surface area (Å²) in [6, 6.07) is 18.0. The van der Waals surface area contributed by atoms with Gasteiger partial charge in [0.15, 0.2) is 11.5 Å². The third-order valence-electron chi connectivity index (χ3n) is 11.8. The van der Waals surface area contributed by atoms with Crippen LogP contribution in [-0.4, -0.2) is 95.8 Å². The molecule has 1 saturated heterocycles. The van der Waals surface area contributed by atoms with E-state index in [4.69, 9.17) is 38.9 Å². The Balaban J connectivity index is 0.000000360. The van der Waals surface area contributed by atoms with E-state index in [1.165, 1.54) is 56.2 Å². The number of H-pyrrole nitrogens is 1. The Morgan fingerprint density at radius 1 is 0.891 bits per heavy atom. The van der Waals surface area contributed by atoms with E-state index in [2.05, 4.69) is 52.4 Å². The number of nitrogens with two attached hydrogens (primary N) is 1. The summed E-state index contributed by atoms with van der Waals surface area (Å²) in [6.07, 6.45) is 6.06. The number of methoxy groups -OCH3 is 6. The predicted molar refractivity (Wildman–Crippen MR) is 208 cm³/mol. The molecule has 0 spiro atoms. The Morgan fingerprint density at radius 3 is 2.35 bits per heavy atom. The molecular weight excluding hydrogens is 702 g/mol. The van der Waals surface area contributed by atoms with Crippen molar-refractivity contribution in [2.24, 2.45) is 23.5 Å². The summed E-state index contributed by atoms with van der Waals surface area (Å²) in [4.78, 5) is 33.1. The van der Waals surface area contributed by atoms with Crippen LogP contribution in [0.5, 0.6) is 23.0 Å². The maximum Gasteiger partial charge on any atom is 0.338 e. The van der Waals surface area contributed by atoms with Crippen molar-refractivity contribution in [3.8, 4) is 23.0 Å². The highest BCUT2D eigenvalue weighted by atomic mass is 16.6. The lowest BCUT2D eigenvalue weighted by Gasteiger charge is -2.52. The molecule has 3 N–H and O–H groups in total. The first-order valence-corrected chi connectivity index (χ1v) is 18.8. The molecule has 1 unspecified atom stereocenters. The summed E-state index contributed by atoms with van der Waals surface area (Å²) in [5.41, 5.74) is 12.3. The molecular formula is C43H51N3O9. The molecule has 12 heteroatoms. The Kier molecular flexibility index (Phi) is 11.4. The second-order valence-corrected chi connectivity index (χ2v) is 14.6. The number of benzene rings is 3. The van der Waals surface area contributed by atoms with Crippen molar-refractivity contribution >= 4 is 28.9 Å². The van der Waals surface area contributed by atoms with Crippen molar-refractivity contribution < 1.29 is 42.7 Å². The fraction of sp³-hybridized carbons (Fsp3) is 0.442. The summed E-state index contributed by atoms with van der Waals surface area (Å²) in [6.45, 7) is 1.68. The first kappa shape index (κ1) is 38.2. The van der Waals surface area contributed by atoms with E-state index in [1.54, 1.807) is 26.4 Å². The third kappa shape index (κ3) is 7.38. The smallest absolute Gasteiger partial charge is 0.338 e. The zero-order chi connectivity index (χ0) is 38.8. The summed E-state index contributed by atoms with van der Waals surface area (Å²) in [7, 11) is 9.10. The number of ether oxygens (including phenoxy) is 7. The van der Waals surface area contributed by atoms with E-state index < -0.39 is 24.1 Å². The Morgan fingerprint density at radius 2 is 1.65 bits per heavy atom. The maximum absolute atomic E-state index is 13.5. The van der Waals surface area contributed by atoms with Crippen LogP contribution in [0.15, 0.2) is 60.7 Å². The number of carbonyl (C=O) groups is 2. The van der Waals surface area contributed by atoms with Gasteiger partial charge in [0, 0.05) is 48.9 Å². The van der Waals surface area contributed by atoms with Gasteiger partial charge >= 0.3 is 11.9 Å². The molecule has 2 aliphatic heterocycles. The van der Waals surface area contributed by atoms with Crippen LogP contribution in [0.2, 0.25) is 0 Å². The second kappa shape index (κ2) is 16.4. The van der Waals surface area contributed by atoms with Crippen molar-refractivity contribution in [2.45, 2.75) is 50.0 Å². The number of nitrogens with zero attached hydrogens (tertiary/aromatic N) is 1. The first-order valence-electron chi connectivity index (χ1n) is 18.8. The van der Waals surface area contributed by atoms with Crippen LogP contribution in [-0.2, 0) is 31.8 Å². The van der Waals surface area contributed by atoms with Crippen molar-refractivity contribution in [1.82, 2.24) is 9.88 Å². The van der Waals surface area contributed by atoms with Crippen LogP contribution in [0.1, 0.15) is 51.6 Å². The number of piperidine rings is 1. The lowest BCUT2D eigenvalue weighted by atomic mass is 9.63. The summed E-state index contributed by atoms with van der Waals surface area (Å²) < 4.78 is 39.1.